The number of aryl methyl sites for hydroxylation is 2. The van der Waals surface area contributed by atoms with Gasteiger partial charge in [0.25, 0.3) is 0 Å². The molecule has 0 aliphatic rings. The highest BCUT2D eigenvalue weighted by Gasteiger charge is 2.06. The molecule has 3 rings (SSSR count). The third-order valence-corrected chi connectivity index (χ3v) is 3.94. The summed E-state index contributed by atoms with van der Waals surface area (Å²) in [5, 5.41) is 5.49. The number of hydrogen-bond acceptors (Lipinski definition) is 3. The summed E-state index contributed by atoms with van der Waals surface area (Å²) in [4.78, 5) is 4.62. The van der Waals surface area contributed by atoms with E-state index in [1.165, 1.54) is 11.1 Å². The van der Waals surface area contributed by atoms with Gasteiger partial charge in [0.2, 0.25) is 0 Å². The first kappa shape index (κ1) is 12.2. The van der Waals surface area contributed by atoms with E-state index in [9.17, 15) is 0 Å². The molecule has 2 aromatic heterocycles. The third-order valence-electron chi connectivity index (χ3n) is 3.31. The Hall–Kier alpha value is -1.81. The number of aromatic nitrogens is 3. The Balaban J connectivity index is 2.11. The summed E-state index contributed by atoms with van der Waals surface area (Å²) >= 11 is 1.63. The predicted molar refractivity (Wildman–Crippen MR) is 79.7 cm³/mol. The first-order chi connectivity index (χ1) is 9.17. The summed E-state index contributed by atoms with van der Waals surface area (Å²) in [7, 11) is 0. The van der Waals surface area contributed by atoms with Gasteiger partial charge in [-0.15, -0.1) is 11.8 Å². The maximum atomic E-state index is 4.62. The van der Waals surface area contributed by atoms with E-state index < -0.39 is 0 Å². The number of rotatable bonds is 2. The number of benzene rings is 1. The lowest BCUT2D eigenvalue weighted by Crippen LogP contribution is -1.90. The van der Waals surface area contributed by atoms with Gasteiger partial charge in [0.1, 0.15) is 5.03 Å². The Morgan fingerprint density at radius 1 is 1.05 bits per heavy atom. The number of thioether (sulfide) groups is 1. The van der Waals surface area contributed by atoms with Gasteiger partial charge in [-0.1, -0.05) is 12.1 Å². The Morgan fingerprint density at radius 3 is 2.63 bits per heavy atom. The Labute approximate surface area is 116 Å². The van der Waals surface area contributed by atoms with Gasteiger partial charge in [-0.2, -0.15) is 5.10 Å². The zero-order chi connectivity index (χ0) is 13.4. The van der Waals surface area contributed by atoms with Crippen LogP contribution < -0.4 is 0 Å². The topological polar surface area (TPSA) is 30.2 Å². The van der Waals surface area contributed by atoms with E-state index in [1.54, 1.807) is 11.8 Å². The van der Waals surface area contributed by atoms with Crippen LogP contribution in [0.25, 0.3) is 16.9 Å². The lowest BCUT2D eigenvalue weighted by Gasteiger charge is -2.01. The normalized spacial score (nSPS) is 11.1. The van der Waals surface area contributed by atoms with Crippen LogP contribution in [0.4, 0.5) is 0 Å². The van der Waals surface area contributed by atoms with E-state index in [2.05, 4.69) is 42.1 Å². The van der Waals surface area contributed by atoms with E-state index in [0.717, 1.165) is 21.9 Å². The van der Waals surface area contributed by atoms with Crippen molar-refractivity contribution in [3.8, 4) is 11.3 Å². The van der Waals surface area contributed by atoms with Crippen LogP contribution in [0, 0.1) is 13.8 Å². The van der Waals surface area contributed by atoms with Crippen molar-refractivity contribution < 1.29 is 0 Å². The molecule has 19 heavy (non-hydrogen) atoms. The molecule has 3 aromatic rings. The van der Waals surface area contributed by atoms with Crippen molar-refractivity contribution in [3.05, 3.63) is 47.7 Å². The predicted octanol–water partition coefficient (Wildman–Crippen LogP) is 3.74. The summed E-state index contributed by atoms with van der Waals surface area (Å²) in [5.41, 5.74) is 5.57. The van der Waals surface area contributed by atoms with Crippen molar-refractivity contribution >= 4 is 17.4 Å². The first-order valence-electron chi connectivity index (χ1n) is 6.15. The van der Waals surface area contributed by atoms with Gasteiger partial charge in [-0.05, 0) is 49.4 Å². The summed E-state index contributed by atoms with van der Waals surface area (Å²) in [6, 6.07) is 10.4. The molecule has 0 radical (unpaired) electrons. The number of nitrogens with zero attached hydrogens (tertiary/aromatic N) is 3. The third kappa shape index (κ3) is 2.24. The second kappa shape index (κ2) is 4.70. The van der Waals surface area contributed by atoms with Gasteiger partial charge in [0.15, 0.2) is 5.65 Å². The van der Waals surface area contributed by atoms with Crippen LogP contribution in [0.15, 0.2) is 41.6 Å². The molecule has 0 fully saturated rings. The van der Waals surface area contributed by atoms with Crippen molar-refractivity contribution in [3.63, 3.8) is 0 Å². The van der Waals surface area contributed by atoms with Crippen molar-refractivity contribution in [2.45, 2.75) is 18.9 Å². The fourth-order valence-corrected chi connectivity index (χ4v) is 2.39. The molecule has 0 N–H and O–H groups in total. The minimum atomic E-state index is 0.881. The van der Waals surface area contributed by atoms with E-state index in [1.807, 2.05) is 29.1 Å². The standard InChI is InChI=1S/C15H15N3S/c1-10-4-5-12(8-11(10)2)13-9-18-14(16-13)6-7-15(17-18)19-3/h4-9H,1-3H3. The number of hydrogen-bond donors (Lipinski definition) is 0. The lowest BCUT2D eigenvalue weighted by atomic mass is 10.1. The maximum absolute atomic E-state index is 4.62. The van der Waals surface area contributed by atoms with Crippen LogP contribution >= 0.6 is 11.8 Å². The SMILES string of the molecule is CSc1ccc2nc(-c3ccc(C)c(C)c3)cn2n1. The summed E-state index contributed by atoms with van der Waals surface area (Å²) in [5.74, 6) is 0. The molecule has 1 aromatic carbocycles. The lowest BCUT2D eigenvalue weighted by molar-refractivity contribution is 0.860. The number of imidazole rings is 1. The second-order valence-electron chi connectivity index (χ2n) is 4.60. The molecule has 0 unspecified atom stereocenters. The van der Waals surface area contributed by atoms with Crippen LogP contribution in [0.3, 0.4) is 0 Å². The molecule has 0 saturated heterocycles. The minimum absolute atomic E-state index is 0.881. The molecule has 4 heteroatoms. The highest BCUT2D eigenvalue weighted by molar-refractivity contribution is 7.98. The van der Waals surface area contributed by atoms with Gasteiger partial charge in [-0.3, -0.25) is 0 Å². The van der Waals surface area contributed by atoms with Crippen molar-refractivity contribution in [2.24, 2.45) is 0 Å². The van der Waals surface area contributed by atoms with Gasteiger partial charge in [0, 0.05) is 5.56 Å². The Kier molecular flexibility index (Phi) is 3.03. The average Bonchev–Trinajstić information content (AvgIpc) is 2.84. The van der Waals surface area contributed by atoms with Gasteiger partial charge in [-0.25, -0.2) is 9.50 Å². The first-order valence-corrected chi connectivity index (χ1v) is 7.38. The quantitative estimate of drug-likeness (QED) is 0.664. The number of fused-ring (bicyclic) bond motifs is 1. The zero-order valence-electron chi connectivity index (χ0n) is 11.2. The molecule has 96 valence electrons. The maximum Gasteiger partial charge on any atom is 0.154 e. The molecular weight excluding hydrogens is 254 g/mol. The molecule has 0 aliphatic heterocycles. The fraction of sp³-hybridized carbons (Fsp3) is 0.200. The van der Waals surface area contributed by atoms with E-state index in [4.69, 9.17) is 0 Å². The zero-order valence-corrected chi connectivity index (χ0v) is 12.0. The summed E-state index contributed by atoms with van der Waals surface area (Å²) in [6.07, 6.45) is 4.01. The van der Waals surface area contributed by atoms with Crippen molar-refractivity contribution in [1.82, 2.24) is 14.6 Å². The molecule has 0 saturated carbocycles. The molecular formula is C15H15N3S. The van der Waals surface area contributed by atoms with Crippen LogP contribution in [0.2, 0.25) is 0 Å². The molecule has 2 heterocycles. The van der Waals surface area contributed by atoms with Crippen LogP contribution in [-0.2, 0) is 0 Å². The van der Waals surface area contributed by atoms with Crippen LogP contribution in [0.5, 0.6) is 0 Å². The van der Waals surface area contributed by atoms with Crippen molar-refractivity contribution in [1.29, 1.82) is 0 Å². The molecule has 3 nitrogen and oxygen atoms in total. The fourth-order valence-electron chi connectivity index (χ4n) is 2.01. The Morgan fingerprint density at radius 2 is 1.89 bits per heavy atom. The van der Waals surface area contributed by atoms with Crippen LogP contribution in [-0.4, -0.2) is 20.9 Å². The highest BCUT2D eigenvalue weighted by Crippen LogP contribution is 2.22. The van der Waals surface area contributed by atoms with Gasteiger partial charge in [0.05, 0.1) is 11.9 Å². The Bertz CT molecular complexity index is 746. The molecule has 0 bridgehead atoms. The summed E-state index contributed by atoms with van der Waals surface area (Å²) < 4.78 is 1.84. The monoisotopic (exact) mass is 269 g/mol. The molecule has 0 atom stereocenters. The van der Waals surface area contributed by atoms with E-state index in [0.29, 0.717) is 0 Å². The van der Waals surface area contributed by atoms with Crippen molar-refractivity contribution in [2.75, 3.05) is 6.26 Å². The average molecular weight is 269 g/mol. The van der Waals surface area contributed by atoms with E-state index in [-0.39, 0.29) is 0 Å². The minimum Gasteiger partial charge on any atom is -0.227 e. The van der Waals surface area contributed by atoms with Gasteiger partial charge >= 0.3 is 0 Å². The highest BCUT2D eigenvalue weighted by atomic mass is 32.2. The molecule has 0 spiro atoms. The largest absolute Gasteiger partial charge is 0.227 e. The van der Waals surface area contributed by atoms with Crippen LogP contribution in [0.1, 0.15) is 11.1 Å². The molecule has 0 aliphatic carbocycles. The van der Waals surface area contributed by atoms with Gasteiger partial charge < -0.3 is 0 Å². The summed E-state index contributed by atoms with van der Waals surface area (Å²) in [6.45, 7) is 4.24. The second-order valence-corrected chi connectivity index (χ2v) is 5.43. The van der Waals surface area contributed by atoms with E-state index >= 15 is 0 Å². The molecule has 0 amide bonds. The smallest absolute Gasteiger partial charge is 0.154 e.